The van der Waals surface area contributed by atoms with Crippen molar-refractivity contribution in [2.24, 2.45) is 0 Å². The van der Waals surface area contributed by atoms with Crippen molar-refractivity contribution in [3.63, 3.8) is 0 Å². The third-order valence-electron chi connectivity index (χ3n) is 4.07. The second kappa shape index (κ2) is 6.67. The molecule has 1 fully saturated rings. The smallest absolute Gasteiger partial charge is 0.0511 e. The van der Waals surface area contributed by atoms with Gasteiger partial charge in [-0.25, -0.2) is 0 Å². The van der Waals surface area contributed by atoms with Crippen LogP contribution in [0.25, 0.3) is 0 Å². The molecule has 1 unspecified atom stereocenters. The van der Waals surface area contributed by atoms with E-state index in [9.17, 15) is 0 Å². The topological polar surface area (TPSA) is 18.5 Å². The Hall–Kier alpha value is -0.580. The number of halogens is 1. The zero-order chi connectivity index (χ0) is 15.6. The fourth-order valence-electron chi connectivity index (χ4n) is 2.67. The van der Waals surface area contributed by atoms with Crippen LogP contribution in [-0.2, 0) is 6.54 Å². The third-order valence-corrected chi connectivity index (χ3v) is 4.70. The number of rotatable bonds is 4. The molecule has 1 N–H and O–H groups in total. The molecule has 1 saturated heterocycles. The molecule has 1 aliphatic heterocycles. The second-order valence-electron chi connectivity index (χ2n) is 7.24. The van der Waals surface area contributed by atoms with Crippen molar-refractivity contribution < 1.29 is 0 Å². The number of anilines is 1. The molecule has 1 atom stereocenters. The fourth-order valence-corrected chi connectivity index (χ4v) is 3.34. The minimum atomic E-state index is 0.152. The maximum atomic E-state index is 3.75. The van der Waals surface area contributed by atoms with Crippen LogP contribution in [0.4, 0.5) is 5.69 Å². The normalized spacial score (nSPS) is 19.6. The van der Waals surface area contributed by atoms with Gasteiger partial charge in [0.25, 0.3) is 0 Å². The number of hydrogen-bond donors (Lipinski definition) is 1. The lowest BCUT2D eigenvalue weighted by Crippen LogP contribution is -2.35. The maximum absolute atomic E-state index is 3.75. The third kappa shape index (κ3) is 4.70. The number of nitrogens with zero attached hydrogens (tertiary/aromatic N) is 2. The summed E-state index contributed by atoms with van der Waals surface area (Å²) in [6.45, 7) is 9.75. The fraction of sp³-hybridized carbons (Fsp3) is 0.647. The Morgan fingerprint density at radius 2 is 2.05 bits per heavy atom. The quantitative estimate of drug-likeness (QED) is 0.893. The highest BCUT2D eigenvalue weighted by molar-refractivity contribution is 9.10. The first-order chi connectivity index (χ1) is 9.76. The van der Waals surface area contributed by atoms with Crippen LogP contribution in [0.1, 0.15) is 32.8 Å². The van der Waals surface area contributed by atoms with Crippen molar-refractivity contribution >= 4 is 21.6 Å². The standard InChI is InChI=1S/C17H28BrN3/c1-17(2,3)19-11-13-6-7-16(15(18)10-13)21-9-8-14(12-21)20(4)5/h6-7,10,14,19H,8-9,11-12H2,1-5H3. The van der Waals surface area contributed by atoms with Crippen LogP contribution < -0.4 is 10.2 Å². The van der Waals surface area contributed by atoms with E-state index in [2.05, 4.69) is 84.1 Å². The van der Waals surface area contributed by atoms with E-state index in [-0.39, 0.29) is 5.54 Å². The van der Waals surface area contributed by atoms with E-state index >= 15 is 0 Å². The SMILES string of the molecule is CN(C)C1CCN(c2ccc(CNC(C)(C)C)cc2Br)C1. The van der Waals surface area contributed by atoms with Crippen LogP contribution in [-0.4, -0.2) is 43.7 Å². The molecule has 1 heterocycles. The van der Waals surface area contributed by atoms with Crippen LogP contribution in [0, 0.1) is 0 Å². The van der Waals surface area contributed by atoms with Crippen LogP contribution in [0.5, 0.6) is 0 Å². The molecular weight excluding hydrogens is 326 g/mol. The van der Waals surface area contributed by atoms with Crippen LogP contribution >= 0.6 is 15.9 Å². The van der Waals surface area contributed by atoms with E-state index in [1.807, 2.05) is 0 Å². The highest BCUT2D eigenvalue weighted by atomic mass is 79.9. The van der Waals surface area contributed by atoms with E-state index in [4.69, 9.17) is 0 Å². The molecule has 118 valence electrons. The number of likely N-dealkylation sites (N-methyl/N-ethyl adjacent to an activating group) is 1. The lowest BCUT2D eigenvalue weighted by Gasteiger charge is -2.24. The summed E-state index contributed by atoms with van der Waals surface area (Å²) in [5, 5.41) is 3.54. The number of benzene rings is 1. The Morgan fingerprint density at radius 1 is 1.33 bits per heavy atom. The summed E-state index contributed by atoms with van der Waals surface area (Å²) < 4.78 is 1.20. The molecule has 0 saturated carbocycles. The summed E-state index contributed by atoms with van der Waals surface area (Å²) in [7, 11) is 4.34. The molecular formula is C17H28BrN3. The summed E-state index contributed by atoms with van der Waals surface area (Å²) in [6.07, 6.45) is 1.24. The molecule has 4 heteroatoms. The van der Waals surface area contributed by atoms with Gasteiger partial charge < -0.3 is 15.1 Å². The van der Waals surface area contributed by atoms with Gasteiger partial charge in [0.05, 0.1) is 5.69 Å². The second-order valence-corrected chi connectivity index (χ2v) is 8.10. The van der Waals surface area contributed by atoms with Gasteiger partial charge in [0.1, 0.15) is 0 Å². The first-order valence-corrected chi connectivity index (χ1v) is 8.50. The summed E-state index contributed by atoms with van der Waals surface area (Å²) in [5.41, 5.74) is 2.79. The van der Waals surface area contributed by atoms with Crippen LogP contribution in [0.3, 0.4) is 0 Å². The van der Waals surface area contributed by atoms with Gasteiger partial charge in [0, 0.05) is 35.7 Å². The minimum Gasteiger partial charge on any atom is -0.369 e. The van der Waals surface area contributed by atoms with E-state index in [1.54, 1.807) is 0 Å². The Labute approximate surface area is 137 Å². The van der Waals surface area contributed by atoms with Crippen LogP contribution in [0.15, 0.2) is 22.7 Å². The molecule has 0 spiro atoms. The molecule has 0 radical (unpaired) electrons. The van der Waals surface area contributed by atoms with Crippen molar-refractivity contribution in [3.05, 3.63) is 28.2 Å². The molecule has 1 aromatic carbocycles. The number of nitrogens with one attached hydrogen (secondary N) is 1. The van der Waals surface area contributed by atoms with Crippen molar-refractivity contribution in [3.8, 4) is 0 Å². The van der Waals surface area contributed by atoms with Crippen molar-refractivity contribution in [1.29, 1.82) is 0 Å². The van der Waals surface area contributed by atoms with Gasteiger partial charge >= 0.3 is 0 Å². The molecule has 0 aliphatic carbocycles. The Kier molecular flexibility index (Phi) is 5.33. The summed E-state index contributed by atoms with van der Waals surface area (Å²) >= 11 is 3.75. The Bertz CT molecular complexity index is 479. The van der Waals surface area contributed by atoms with Crippen LogP contribution in [0.2, 0.25) is 0 Å². The van der Waals surface area contributed by atoms with Crippen molar-refractivity contribution in [1.82, 2.24) is 10.2 Å². The molecule has 1 aromatic rings. The maximum Gasteiger partial charge on any atom is 0.0511 e. The Balaban J connectivity index is 2.03. The van der Waals surface area contributed by atoms with Gasteiger partial charge in [0.15, 0.2) is 0 Å². The molecule has 3 nitrogen and oxygen atoms in total. The highest BCUT2D eigenvalue weighted by Gasteiger charge is 2.25. The van der Waals surface area contributed by atoms with Gasteiger partial charge in [-0.3, -0.25) is 0 Å². The summed E-state index contributed by atoms with van der Waals surface area (Å²) in [5.74, 6) is 0. The average Bonchev–Trinajstić information content (AvgIpc) is 2.85. The lowest BCUT2D eigenvalue weighted by molar-refractivity contribution is 0.315. The number of hydrogen-bond acceptors (Lipinski definition) is 3. The monoisotopic (exact) mass is 353 g/mol. The van der Waals surface area contributed by atoms with Gasteiger partial charge in [-0.15, -0.1) is 0 Å². The van der Waals surface area contributed by atoms with Gasteiger partial charge in [-0.05, 0) is 74.9 Å². The minimum absolute atomic E-state index is 0.152. The van der Waals surface area contributed by atoms with Gasteiger partial charge in [-0.1, -0.05) is 6.07 Å². The van der Waals surface area contributed by atoms with Crippen molar-refractivity contribution in [2.75, 3.05) is 32.1 Å². The predicted molar refractivity (Wildman–Crippen MR) is 95.0 cm³/mol. The van der Waals surface area contributed by atoms with E-state index in [0.29, 0.717) is 6.04 Å². The van der Waals surface area contributed by atoms with Gasteiger partial charge in [0.2, 0.25) is 0 Å². The molecule has 0 amide bonds. The van der Waals surface area contributed by atoms with Gasteiger partial charge in [-0.2, -0.15) is 0 Å². The zero-order valence-electron chi connectivity index (χ0n) is 13.9. The lowest BCUT2D eigenvalue weighted by atomic mass is 10.1. The molecule has 0 bridgehead atoms. The summed E-state index contributed by atoms with van der Waals surface area (Å²) in [6, 6.07) is 7.40. The van der Waals surface area contributed by atoms with Crippen molar-refractivity contribution in [2.45, 2.75) is 45.3 Å². The molecule has 1 aliphatic rings. The van der Waals surface area contributed by atoms with E-state index in [1.165, 1.54) is 22.1 Å². The zero-order valence-corrected chi connectivity index (χ0v) is 15.5. The predicted octanol–water partition coefficient (Wildman–Crippen LogP) is 3.48. The highest BCUT2D eigenvalue weighted by Crippen LogP contribution is 2.30. The Morgan fingerprint density at radius 3 is 2.57 bits per heavy atom. The largest absolute Gasteiger partial charge is 0.369 e. The molecule has 0 aromatic heterocycles. The van der Waals surface area contributed by atoms with E-state index in [0.717, 1.165) is 19.6 Å². The summed E-state index contributed by atoms with van der Waals surface area (Å²) in [4.78, 5) is 4.81. The average molecular weight is 354 g/mol. The first-order valence-electron chi connectivity index (χ1n) is 7.71. The molecule has 2 rings (SSSR count). The van der Waals surface area contributed by atoms with E-state index < -0.39 is 0 Å². The first kappa shape index (κ1) is 16.8. The molecule has 21 heavy (non-hydrogen) atoms.